The molecule has 6 heteroatoms. The number of aliphatic imine (C=N–C) groups is 2. The van der Waals surface area contributed by atoms with Crippen LogP contribution < -0.4 is 0 Å². The van der Waals surface area contributed by atoms with Gasteiger partial charge >= 0.3 is 0 Å². The highest BCUT2D eigenvalue weighted by molar-refractivity contribution is 5.98. The lowest BCUT2D eigenvalue weighted by Gasteiger charge is -2.31. The lowest BCUT2D eigenvalue weighted by atomic mass is 9.70. The van der Waals surface area contributed by atoms with Crippen molar-refractivity contribution in [2.45, 2.75) is 44.3 Å². The zero-order valence-electron chi connectivity index (χ0n) is 29.1. The van der Waals surface area contributed by atoms with Gasteiger partial charge in [0.1, 0.15) is 11.2 Å². The first-order chi connectivity index (χ1) is 24.7. The monoisotopic (exact) mass is 664 g/mol. The van der Waals surface area contributed by atoms with Gasteiger partial charge < -0.3 is 9.47 Å². The normalized spacial score (nSPS) is 17.9. The van der Waals surface area contributed by atoms with Gasteiger partial charge in [0.25, 0.3) is 0 Å². The number of benzene rings is 4. The molecule has 51 heavy (non-hydrogen) atoms. The molecule has 1 spiro atoms. The lowest BCUT2D eigenvalue weighted by molar-refractivity contribution is 0.131. The van der Waals surface area contributed by atoms with Crippen LogP contribution in [-0.2, 0) is 14.9 Å². The number of fused-ring (bicyclic) bond motifs is 10. The number of aromatic nitrogens is 2. The minimum atomic E-state index is -0.500. The Morgan fingerprint density at radius 1 is 0.451 bits per heavy atom. The van der Waals surface area contributed by atoms with Crippen molar-refractivity contribution in [2.75, 3.05) is 13.1 Å². The molecular formula is C45H36N4O2. The fraction of sp³-hybridized carbons (Fsp3) is 0.200. The zero-order chi connectivity index (χ0) is 34.5. The van der Waals surface area contributed by atoms with Crippen LogP contribution in [0.4, 0.5) is 0 Å². The fourth-order valence-corrected chi connectivity index (χ4v) is 8.32. The standard InChI is InChI=1S/C45H36N4O2/c1-43(2)25-48-41(50-43)29-15-19-39(46-23-29)27-13-17-33-34-18-14-28(40-20-16-30(24-47-40)42-49-26-44(3,4)51-42)22-38(34)45(37(33)21-27)35-11-7-5-9-31(35)32-10-6-8-12-36(32)45/h5-24H,25-26H2,1-4H3. The minimum Gasteiger partial charge on any atom is -0.469 e. The van der Waals surface area contributed by atoms with Crippen LogP contribution in [0.3, 0.4) is 0 Å². The Hall–Kier alpha value is -5.88. The highest BCUT2D eigenvalue weighted by Crippen LogP contribution is 2.63. The van der Waals surface area contributed by atoms with E-state index in [1.54, 1.807) is 0 Å². The first kappa shape index (κ1) is 30.0. The molecular weight excluding hydrogens is 629 g/mol. The van der Waals surface area contributed by atoms with Gasteiger partial charge in [0.2, 0.25) is 11.8 Å². The van der Waals surface area contributed by atoms with Gasteiger partial charge in [0.05, 0.1) is 41.0 Å². The van der Waals surface area contributed by atoms with Crippen molar-refractivity contribution in [3.63, 3.8) is 0 Å². The molecule has 0 atom stereocenters. The summed E-state index contributed by atoms with van der Waals surface area (Å²) in [6.07, 6.45) is 3.76. The summed E-state index contributed by atoms with van der Waals surface area (Å²) in [6.45, 7) is 9.52. The van der Waals surface area contributed by atoms with E-state index in [4.69, 9.17) is 19.4 Å². The van der Waals surface area contributed by atoms with E-state index in [9.17, 15) is 0 Å². The van der Waals surface area contributed by atoms with Crippen molar-refractivity contribution < 1.29 is 9.47 Å². The Kier molecular flexibility index (Phi) is 6.21. The molecule has 0 fully saturated rings. The van der Waals surface area contributed by atoms with Gasteiger partial charge in [-0.3, -0.25) is 9.97 Å². The van der Waals surface area contributed by atoms with Crippen LogP contribution in [0.25, 0.3) is 44.8 Å². The molecule has 4 heterocycles. The molecule has 6 nitrogen and oxygen atoms in total. The first-order valence-electron chi connectivity index (χ1n) is 17.6. The number of hydrogen-bond donors (Lipinski definition) is 0. The van der Waals surface area contributed by atoms with E-state index in [1.165, 1.54) is 44.5 Å². The predicted molar refractivity (Wildman–Crippen MR) is 202 cm³/mol. The summed E-state index contributed by atoms with van der Waals surface area (Å²) in [7, 11) is 0. The Labute approximate surface area is 297 Å². The van der Waals surface area contributed by atoms with E-state index in [0.717, 1.165) is 33.6 Å². The molecule has 0 bridgehead atoms. The van der Waals surface area contributed by atoms with Crippen molar-refractivity contribution in [1.29, 1.82) is 0 Å². The van der Waals surface area contributed by atoms with Crippen molar-refractivity contribution in [1.82, 2.24) is 9.97 Å². The molecule has 0 saturated carbocycles. The van der Waals surface area contributed by atoms with Crippen molar-refractivity contribution in [3.05, 3.63) is 155 Å². The van der Waals surface area contributed by atoms with E-state index in [1.807, 2.05) is 12.4 Å². The van der Waals surface area contributed by atoms with E-state index in [-0.39, 0.29) is 11.2 Å². The zero-order valence-corrected chi connectivity index (χ0v) is 29.1. The number of hydrogen-bond acceptors (Lipinski definition) is 6. The molecule has 10 rings (SSSR count). The van der Waals surface area contributed by atoms with Crippen LogP contribution in [0.5, 0.6) is 0 Å². The first-order valence-corrected chi connectivity index (χ1v) is 17.6. The molecule has 4 aromatic carbocycles. The maximum Gasteiger partial charge on any atom is 0.218 e. The van der Waals surface area contributed by atoms with Gasteiger partial charge in [-0.2, -0.15) is 0 Å². The van der Waals surface area contributed by atoms with Crippen LogP contribution in [-0.4, -0.2) is 46.1 Å². The van der Waals surface area contributed by atoms with Crippen molar-refractivity contribution >= 4 is 11.8 Å². The second kappa shape index (κ2) is 10.6. The highest BCUT2D eigenvalue weighted by atomic mass is 16.5. The quantitative estimate of drug-likeness (QED) is 0.188. The average Bonchev–Trinajstić information content (AvgIpc) is 3.88. The third-order valence-corrected chi connectivity index (χ3v) is 10.7. The smallest absolute Gasteiger partial charge is 0.218 e. The molecule has 4 aliphatic rings. The van der Waals surface area contributed by atoms with E-state index in [0.29, 0.717) is 24.9 Å². The SMILES string of the molecule is CC1(C)CN=C(c2ccc(-c3ccc4c(c3)C3(c5ccccc5-c5ccccc53)c3cc(-c5ccc(C6=NCC(C)(C)O6)cn5)ccc3-4)nc2)O1. The van der Waals surface area contributed by atoms with Gasteiger partial charge in [0.15, 0.2) is 0 Å². The van der Waals surface area contributed by atoms with Gasteiger partial charge in [-0.15, -0.1) is 0 Å². The largest absolute Gasteiger partial charge is 0.469 e. The maximum atomic E-state index is 6.08. The van der Waals surface area contributed by atoms with E-state index in [2.05, 4.69) is 147 Å². The minimum absolute atomic E-state index is 0.290. The number of rotatable bonds is 4. The Morgan fingerprint density at radius 2 is 0.863 bits per heavy atom. The van der Waals surface area contributed by atoms with Crippen LogP contribution in [0, 0.1) is 0 Å². The third-order valence-electron chi connectivity index (χ3n) is 10.7. The van der Waals surface area contributed by atoms with Crippen LogP contribution >= 0.6 is 0 Å². The second-order valence-corrected chi connectivity index (χ2v) is 15.2. The van der Waals surface area contributed by atoms with Gasteiger partial charge in [-0.25, -0.2) is 9.98 Å². The summed E-state index contributed by atoms with van der Waals surface area (Å²) in [5, 5.41) is 0. The molecule has 0 N–H and O–H groups in total. The molecule has 0 amide bonds. The summed E-state index contributed by atoms with van der Waals surface area (Å²) in [4.78, 5) is 19.1. The Morgan fingerprint density at radius 3 is 1.25 bits per heavy atom. The maximum absolute atomic E-state index is 6.08. The lowest BCUT2D eigenvalue weighted by Crippen LogP contribution is -2.26. The Bertz CT molecular complexity index is 2300. The van der Waals surface area contributed by atoms with Crippen molar-refractivity contribution in [2.24, 2.45) is 9.98 Å². The summed E-state index contributed by atoms with van der Waals surface area (Å²) in [5.41, 5.74) is 14.8. The van der Waals surface area contributed by atoms with E-state index < -0.39 is 5.41 Å². The molecule has 248 valence electrons. The molecule has 0 radical (unpaired) electrons. The third kappa shape index (κ3) is 4.48. The molecule has 6 aromatic rings. The highest BCUT2D eigenvalue weighted by Gasteiger charge is 2.51. The summed E-state index contributed by atoms with van der Waals surface area (Å²) < 4.78 is 12.2. The summed E-state index contributed by atoms with van der Waals surface area (Å²) >= 11 is 0. The van der Waals surface area contributed by atoms with Crippen LogP contribution in [0.1, 0.15) is 61.1 Å². The topological polar surface area (TPSA) is 69.0 Å². The average molecular weight is 665 g/mol. The fourth-order valence-electron chi connectivity index (χ4n) is 8.32. The number of ether oxygens (including phenoxy) is 2. The van der Waals surface area contributed by atoms with Crippen LogP contribution in [0.15, 0.2) is 132 Å². The molecule has 0 saturated heterocycles. The van der Waals surface area contributed by atoms with Gasteiger partial charge in [-0.1, -0.05) is 72.8 Å². The molecule has 0 unspecified atom stereocenters. The van der Waals surface area contributed by atoms with Crippen LogP contribution in [0.2, 0.25) is 0 Å². The van der Waals surface area contributed by atoms with Gasteiger partial charge in [-0.05, 0) is 109 Å². The molecule has 2 aliphatic carbocycles. The Balaban J connectivity index is 1.12. The van der Waals surface area contributed by atoms with E-state index >= 15 is 0 Å². The number of nitrogens with zero attached hydrogens (tertiary/aromatic N) is 4. The summed E-state index contributed by atoms with van der Waals surface area (Å²) in [5.74, 6) is 1.32. The predicted octanol–water partition coefficient (Wildman–Crippen LogP) is 9.26. The molecule has 2 aromatic heterocycles. The summed E-state index contributed by atoms with van der Waals surface area (Å²) in [6, 6.07) is 39.7. The van der Waals surface area contributed by atoms with Gasteiger partial charge in [0, 0.05) is 23.5 Å². The molecule has 2 aliphatic heterocycles. The van der Waals surface area contributed by atoms with Crippen molar-refractivity contribution in [3.8, 4) is 44.8 Å². The number of pyridine rings is 2. The second-order valence-electron chi connectivity index (χ2n) is 15.2.